The summed E-state index contributed by atoms with van der Waals surface area (Å²) in [6, 6.07) is 9.04. The van der Waals surface area contributed by atoms with Crippen LogP contribution in [0.4, 0.5) is 5.69 Å². The molecular weight excluding hydrogens is 354 g/mol. The van der Waals surface area contributed by atoms with Crippen molar-refractivity contribution in [3.63, 3.8) is 0 Å². The highest BCUT2D eigenvalue weighted by Gasteiger charge is 2.20. The second kappa shape index (κ2) is 7.57. The van der Waals surface area contributed by atoms with Crippen molar-refractivity contribution >= 4 is 27.5 Å². The molecule has 7 nitrogen and oxygen atoms in total. The number of rotatable bonds is 7. The van der Waals surface area contributed by atoms with Crippen molar-refractivity contribution in [2.24, 2.45) is 11.5 Å². The number of aryl methyl sites for hydroxylation is 2. The van der Waals surface area contributed by atoms with Crippen molar-refractivity contribution < 1.29 is 18.0 Å². The third-order valence-corrected chi connectivity index (χ3v) is 5.43. The van der Waals surface area contributed by atoms with Crippen molar-refractivity contribution in [2.45, 2.75) is 31.6 Å². The predicted molar refractivity (Wildman–Crippen MR) is 99.5 cm³/mol. The zero-order valence-electron chi connectivity index (χ0n) is 14.6. The third-order valence-electron chi connectivity index (χ3n) is 3.96. The van der Waals surface area contributed by atoms with Crippen LogP contribution < -0.4 is 16.2 Å². The lowest BCUT2D eigenvalue weighted by Gasteiger charge is -2.14. The Bertz CT molecular complexity index is 936. The minimum absolute atomic E-state index is 0.0166. The number of hydrogen-bond donors (Lipinski definition) is 3. The SMILES string of the molecule is CCc1ccc(CC)c(S(=O)(=O)Nc2cc(C(N)=O)cc(C(N)=O)c2)c1. The lowest BCUT2D eigenvalue weighted by Crippen LogP contribution is -2.19. The maximum Gasteiger partial charge on any atom is 0.262 e. The number of nitrogens with two attached hydrogens (primary N) is 2. The average Bonchev–Trinajstić information content (AvgIpc) is 2.60. The van der Waals surface area contributed by atoms with Crippen LogP contribution in [0.1, 0.15) is 45.7 Å². The van der Waals surface area contributed by atoms with E-state index in [9.17, 15) is 18.0 Å². The van der Waals surface area contributed by atoms with Crippen LogP contribution in [-0.2, 0) is 22.9 Å². The Hall–Kier alpha value is -2.87. The molecule has 0 aliphatic rings. The molecule has 2 aromatic rings. The van der Waals surface area contributed by atoms with Gasteiger partial charge in [-0.25, -0.2) is 8.42 Å². The summed E-state index contributed by atoms with van der Waals surface area (Å²) in [5.74, 6) is -1.59. The summed E-state index contributed by atoms with van der Waals surface area (Å²) in [4.78, 5) is 23.0. The van der Waals surface area contributed by atoms with E-state index in [4.69, 9.17) is 11.5 Å². The maximum absolute atomic E-state index is 12.9. The first-order valence-electron chi connectivity index (χ1n) is 8.07. The Labute approximate surface area is 152 Å². The number of primary amides is 2. The van der Waals surface area contributed by atoms with E-state index in [0.29, 0.717) is 18.4 Å². The Morgan fingerprint density at radius 2 is 1.50 bits per heavy atom. The summed E-state index contributed by atoms with van der Waals surface area (Å²) in [5.41, 5.74) is 12.0. The molecule has 0 atom stereocenters. The van der Waals surface area contributed by atoms with Gasteiger partial charge in [0.25, 0.3) is 10.0 Å². The van der Waals surface area contributed by atoms with Crippen LogP contribution in [0.15, 0.2) is 41.3 Å². The molecule has 0 aromatic heterocycles. The van der Waals surface area contributed by atoms with Gasteiger partial charge in [0, 0.05) is 11.1 Å². The standard InChI is InChI=1S/C18H21N3O4S/c1-3-11-5-6-12(4-2)16(7-11)26(24,25)21-15-9-13(17(19)22)8-14(10-15)18(20)23/h5-10,21H,3-4H2,1-2H3,(H2,19,22)(H2,20,23). The number of sulfonamides is 1. The Kier molecular flexibility index (Phi) is 5.66. The first kappa shape index (κ1) is 19.5. The molecule has 26 heavy (non-hydrogen) atoms. The molecule has 0 radical (unpaired) electrons. The van der Waals surface area contributed by atoms with Crippen molar-refractivity contribution in [3.05, 3.63) is 58.7 Å². The first-order valence-corrected chi connectivity index (χ1v) is 9.55. The first-order chi connectivity index (χ1) is 12.2. The molecule has 5 N–H and O–H groups in total. The highest BCUT2D eigenvalue weighted by atomic mass is 32.2. The lowest BCUT2D eigenvalue weighted by molar-refractivity contribution is 0.0999. The highest BCUT2D eigenvalue weighted by molar-refractivity contribution is 7.92. The number of anilines is 1. The van der Waals surface area contributed by atoms with Crippen molar-refractivity contribution in [3.8, 4) is 0 Å². The second-order valence-electron chi connectivity index (χ2n) is 5.78. The van der Waals surface area contributed by atoms with E-state index in [-0.39, 0.29) is 21.7 Å². The van der Waals surface area contributed by atoms with E-state index in [1.807, 2.05) is 19.9 Å². The molecule has 2 aromatic carbocycles. The molecule has 0 saturated carbocycles. The van der Waals surface area contributed by atoms with Crippen molar-refractivity contribution in [2.75, 3.05) is 4.72 Å². The summed E-state index contributed by atoms with van der Waals surface area (Å²) < 4.78 is 28.1. The molecule has 0 aliphatic heterocycles. The molecule has 8 heteroatoms. The summed E-state index contributed by atoms with van der Waals surface area (Å²) in [5, 5.41) is 0. The molecule has 0 saturated heterocycles. The molecule has 0 unspecified atom stereocenters. The van der Waals surface area contributed by atoms with E-state index < -0.39 is 21.8 Å². The number of nitrogens with one attached hydrogen (secondary N) is 1. The van der Waals surface area contributed by atoms with Crippen LogP contribution in [0.2, 0.25) is 0 Å². The molecular formula is C18H21N3O4S. The van der Waals surface area contributed by atoms with Crippen LogP contribution in [-0.4, -0.2) is 20.2 Å². The summed E-state index contributed by atoms with van der Waals surface area (Å²) in [6.45, 7) is 3.79. The monoisotopic (exact) mass is 375 g/mol. The van der Waals surface area contributed by atoms with Crippen LogP contribution in [0.5, 0.6) is 0 Å². The quantitative estimate of drug-likeness (QED) is 0.680. The fourth-order valence-corrected chi connectivity index (χ4v) is 3.94. The van der Waals surface area contributed by atoms with Gasteiger partial charge in [0.05, 0.1) is 10.6 Å². The lowest BCUT2D eigenvalue weighted by atomic mass is 10.1. The largest absolute Gasteiger partial charge is 0.366 e. The van der Waals surface area contributed by atoms with Gasteiger partial charge in [-0.1, -0.05) is 26.0 Å². The smallest absolute Gasteiger partial charge is 0.262 e. The Morgan fingerprint density at radius 3 is 1.96 bits per heavy atom. The fraction of sp³-hybridized carbons (Fsp3) is 0.222. The number of benzene rings is 2. The highest BCUT2D eigenvalue weighted by Crippen LogP contribution is 2.23. The van der Waals surface area contributed by atoms with Gasteiger partial charge in [0.1, 0.15) is 0 Å². The zero-order valence-corrected chi connectivity index (χ0v) is 15.4. The van der Waals surface area contributed by atoms with E-state index in [1.165, 1.54) is 18.2 Å². The van der Waals surface area contributed by atoms with Crippen LogP contribution in [0, 0.1) is 0 Å². The predicted octanol–water partition coefficient (Wildman–Crippen LogP) is 1.81. The Morgan fingerprint density at radius 1 is 0.923 bits per heavy atom. The van der Waals surface area contributed by atoms with Gasteiger partial charge in [-0.3, -0.25) is 14.3 Å². The minimum atomic E-state index is -3.93. The average molecular weight is 375 g/mol. The van der Waals surface area contributed by atoms with Crippen LogP contribution in [0.25, 0.3) is 0 Å². The molecule has 2 rings (SSSR count). The normalized spacial score (nSPS) is 11.2. The van der Waals surface area contributed by atoms with E-state index >= 15 is 0 Å². The van der Waals surface area contributed by atoms with Crippen LogP contribution >= 0.6 is 0 Å². The molecule has 0 bridgehead atoms. The molecule has 0 spiro atoms. The summed E-state index contributed by atoms with van der Waals surface area (Å²) in [6.07, 6.45) is 1.23. The molecule has 2 amide bonds. The molecule has 0 fully saturated rings. The number of carbonyl (C=O) groups excluding carboxylic acids is 2. The van der Waals surface area contributed by atoms with Crippen molar-refractivity contribution in [1.29, 1.82) is 0 Å². The van der Waals surface area contributed by atoms with Gasteiger partial charge in [0.2, 0.25) is 11.8 Å². The van der Waals surface area contributed by atoms with Crippen molar-refractivity contribution in [1.82, 2.24) is 0 Å². The van der Waals surface area contributed by atoms with Gasteiger partial charge in [-0.2, -0.15) is 0 Å². The number of hydrogen-bond acceptors (Lipinski definition) is 4. The van der Waals surface area contributed by atoms with E-state index in [0.717, 1.165) is 5.56 Å². The molecule has 0 aliphatic carbocycles. The molecule has 0 heterocycles. The van der Waals surface area contributed by atoms with Crippen LogP contribution in [0.3, 0.4) is 0 Å². The fourth-order valence-electron chi connectivity index (χ4n) is 2.54. The summed E-state index contributed by atoms with van der Waals surface area (Å²) >= 11 is 0. The second-order valence-corrected chi connectivity index (χ2v) is 7.43. The van der Waals surface area contributed by atoms with Gasteiger partial charge in [0.15, 0.2) is 0 Å². The third kappa shape index (κ3) is 4.20. The van der Waals surface area contributed by atoms with Gasteiger partial charge in [-0.05, 0) is 48.2 Å². The number of amides is 2. The van der Waals surface area contributed by atoms with Gasteiger partial charge in [-0.15, -0.1) is 0 Å². The van der Waals surface area contributed by atoms with Gasteiger partial charge >= 0.3 is 0 Å². The maximum atomic E-state index is 12.9. The topological polar surface area (TPSA) is 132 Å². The molecule has 138 valence electrons. The van der Waals surface area contributed by atoms with Gasteiger partial charge < -0.3 is 11.5 Å². The Balaban J connectivity index is 2.53. The minimum Gasteiger partial charge on any atom is -0.366 e. The van der Waals surface area contributed by atoms with E-state index in [2.05, 4.69) is 4.72 Å². The number of carbonyl (C=O) groups is 2. The van der Waals surface area contributed by atoms with E-state index in [1.54, 1.807) is 12.1 Å². The zero-order chi connectivity index (χ0) is 19.5. The summed E-state index contributed by atoms with van der Waals surface area (Å²) in [7, 11) is -3.93.